The zero-order chi connectivity index (χ0) is 15.7. The number of amides is 1. The van der Waals surface area contributed by atoms with Crippen LogP contribution in [0.2, 0.25) is 5.02 Å². The molecule has 1 amide bonds. The van der Waals surface area contributed by atoms with Gasteiger partial charge >= 0.3 is 0 Å². The fourth-order valence-corrected chi connectivity index (χ4v) is 3.21. The number of rotatable bonds is 3. The Morgan fingerprint density at radius 3 is 2.95 bits per heavy atom. The Balaban J connectivity index is 1.97. The third kappa shape index (κ3) is 2.58. The highest BCUT2D eigenvalue weighted by Crippen LogP contribution is 2.34. The molecule has 3 aromatic rings. The number of carbonyl (C=O) groups is 1. The number of thiophene rings is 1. The maximum absolute atomic E-state index is 12.5. The molecule has 0 unspecified atom stereocenters. The van der Waals surface area contributed by atoms with E-state index in [9.17, 15) is 4.79 Å². The molecule has 1 aromatic carbocycles. The van der Waals surface area contributed by atoms with E-state index in [2.05, 4.69) is 10.3 Å². The van der Waals surface area contributed by atoms with Crippen molar-refractivity contribution in [1.82, 2.24) is 4.98 Å². The number of fused-ring (bicyclic) bond motifs is 1. The van der Waals surface area contributed by atoms with Crippen molar-refractivity contribution in [1.29, 1.82) is 0 Å². The second kappa shape index (κ2) is 5.82. The zero-order valence-electron chi connectivity index (χ0n) is 11.6. The summed E-state index contributed by atoms with van der Waals surface area (Å²) in [6.45, 7) is 0. The van der Waals surface area contributed by atoms with Gasteiger partial charge in [-0.2, -0.15) is 0 Å². The number of anilines is 2. The summed E-state index contributed by atoms with van der Waals surface area (Å²) >= 11 is 7.21. The molecule has 5 nitrogen and oxygen atoms in total. The van der Waals surface area contributed by atoms with Gasteiger partial charge in [-0.25, -0.2) is 4.98 Å². The summed E-state index contributed by atoms with van der Waals surface area (Å²) in [6.07, 6.45) is 1.67. The van der Waals surface area contributed by atoms with Crippen LogP contribution in [0.25, 0.3) is 10.2 Å². The molecule has 0 aliphatic heterocycles. The first-order chi connectivity index (χ1) is 10.6. The molecule has 0 spiro atoms. The van der Waals surface area contributed by atoms with E-state index >= 15 is 0 Å². The predicted octanol–water partition coefficient (Wildman–Crippen LogP) is 3.79. The zero-order valence-corrected chi connectivity index (χ0v) is 13.2. The van der Waals surface area contributed by atoms with Crippen LogP contribution in [0.3, 0.4) is 0 Å². The van der Waals surface area contributed by atoms with Gasteiger partial charge in [-0.3, -0.25) is 4.79 Å². The number of methoxy groups -OCH3 is 1. The number of benzene rings is 1. The van der Waals surface area contributed by atoms with Crippen LogP contribution in [0.5, 0.6) is 5.75 Å². The van der Waals surface area contributed by atoms with Crippen LogP contribution < -0.4 is 15.8 Å². The summed E-state index contributed by atoms with van der Waals surface area (Å²) < 4.78 is 5.21. The minimum atomic E-state index is -0.318. The van der Waals surface area contributed by atoms with Crippen LogP contribution in [0, 0.1) is 0 Å². The molecule has 22 heavy (non-hydrogen) atoms. The molecule has 2 heterocycles. The third-order valence-electron chi connectivity index (χ3n) is 3.12. The Morgan fingerprint density at radius 2 is 2.23 bits per heavy atom. The molecule has 0 fully saturated rings. The monoisotopic (exact) mass is 333 g/mol. The summed E-state index contributed by atoms with van der Waals surface area (Å²) in [5.41, 5.74) is 6.96. The lowest BCUT2D eigenvalue weighted by molar-refractivity contribution is 0.103. The van der Waals surface area contributed by atoms with E-state index in [1.165, 1.54) is 18.4 Å². The van der Waals surface area contributed by atoms with Gasteiger partial charge in [-0.05, 0) is 30.3 Å². The molecule has 112 valence electrons. The fraction of sp³-hybridized carbons (Fsp3) is 0.0667. The number of carbonyl (C=O) groups excluding carboxylic acids is 1. The molecule has 0 radical (unpaired) electrons. The van der Waals surface area contributed by atoms with Gasteiger partial charge < -0.3 is 15.8 Å². The van der Waals surface area contributed by atoms with Gasteiger partial charge in [0, 0.05) is 16.6 Å². The van der Waals surface area contributed by atoms with Crippen molar-refractivity contribution in [2.24, 2.45) is 0 Å². The number of ether oxygens (including phenoxy) is 1. The van der Waals surface area contributed by atoms with Gasteiger partial charge in [0.15, 0.2) is 0 Å². The minimum Gasteiger partial charge on any atom is -0.495 e. The first-order valence-electron chi connectivity index (χ1n) is 6.38. The fourth-order valence-electron chi connectivity index (χ4n) is 2.08. The van der Waals surface area contributed by atoms with E-state index in [-0.39, 0.29) is 5.91 Å². The van der Waals surface area contributed by atoms with Gasteiger partial charge in [-0.1, -0.05) is 11.6 Å². The van der Waals surface area contributed by atoms with Gasteiger partial charge in [0.1, 0.15) is 15.5 Å². The molecule has 7 heteroatoms. The number of hydrogen-bond donors (Lipinski definition) is 2. The second-order valence-corrected chi connectivity index (χ2v) is 5.94. The lowest BCUT2D eigenvalue weighted by atomic mass is 10.2. The number of halogens is 1. The molecular weight excluding hydrogens is 322 g/mol. The van der Waals surface area contributed by atoms with Crippen LogP contribution in [0.4, 0.5) is 11.4 Å². The van der Waals surface area contributed by atoms with Crippen LogP contribution in [0.15, 0.2) is 36.5 Å². The number of hydrogen-bond acceptors (Lipinski definition) is 5. The number of aromatic nitrogens is 1. The first-order valence-corrected chi connectivity index (χ1v) is 7.57. The highest BCUT2D eigenvalue weighted by Gasteiger charge is 2.18. The molecule has 2 aromatic heterocycles. The predicted molar refractivity (Wildman–Crippen MR) is 90.0 cm³/mol. The molecule has 3 rings (SSSR count). The summed E-state index contributed by atoms with van der Waals surface area (Å²) in [5.74, 6) is 0.205. The smallest absolute Gasteiger partial charge is 0.268 e. The SMILES string of the molecule is COc1ccc(Cl)cc1NC(=O)c1sc2ncccc2c1N. The van der Waals surface area contributed by atoms with Gasteiger partial charge in [0.2, 0.25) is 0 Å². The van der Waals surface area contributed by atoms with Crippen molar-refractivity contribution in [3.05, 3.63) is 46.4 Å². The molecule has 0 saturated heterocycles. The van der Waals surface area contributed by atoms with Crippen molar-refractivity contribution in [2.75, 3.05) is 18.2 Å². The molecular formula is C15H12ClN3O2S. The summed E-state index contributed by atoms with van der Waals surface area (Å²) in [4.78, 5) is 17.8. The van der Waals surface area contributed by atoms with Gasteiger partial charge in [0.25, 0.3) is 5.91 Å². The lowest BCUT2D eigenvalue weighted by Crippen LogP contribution is -2.12. The number of pyridine rings is 1. The summed E-state index contributed by atoms with van der Waals surface area (Å²) in [6, 6.07) is 8.62. The van der Waals surface area contributed by atoms with E-state index in [1.807, 2.05) is 6.07 Å². The molecule has 0 aliphatic carbocycles. The standard InChI is InChI=1S/C15H12ClN3O2S/c1-21-11-5-4-8(16)7-10(11)19-14(20)13-12(17)9-3-2-6-18-15(9)22-13/h2-7H,17H2,1H3,(H,19,20). The Kier molecular flexibility index (Phi) is 3.87. The lowest BCUT2D eigenvalue weighted by Gasteiger charge is -2.10. The van der Waals surface area contributed by atoms with Crippen LogP contribution in [0.1, 0.15) is 9.67 Å². The second-order valence-electron chi connectivity index (χ2n) is 4.50. The van der Waals surface area contributed by atoms with Crippen molar-refractivity contribution in [3.8, 4) is 5.75 Å². The van der Waals surface area contributed by atoms with E-state index in [4.69, 9.17) is 22.1 Å². The van der Waals surface area contributed by atoms with E-state index in [1.54, 1.807) is 30.5 Å². The van der Waals surface area contributed by atoms with Crippen molar-refractivity contribution < 1.29 is 9.53 Å². The number of nitrogen functional groups attached to an aromatic ring is 1. The Labute approximate surface area is 135 Å². The molecule has 0 atom stereocenters. The first kappa shape index (κ1) is 14.6. The summed E-state index contributed by atoms with van der Waals surface area (Å²) in [5, 5.41) is 4.05. The van der Waals surface area contributed by atoms with Gasteiger partial charge in [0.05, 0.1) is 18.5 Å². The molecule has 0 bridgehead atoms. The Hall–Kier alpha value is -2.31. The Bertz CT molecular complexity index is 863. The van der Waals surface area contributed by atoms with E-state index in [0.29, 0.717) is 27.0 Å². The maximum Gasteiger partial charge on any atom is 0.268 e. The average Bonchev–Trinajstić information content (AvgIpc) is 2.85. The summed E-state index contributed by atoms with van der Waals surface area (Å²) in [7, 11) is 1.52. The van der Waals surface area contributed by atoms with Crippen molar-refractivity contribution >= 4 is 50.4 Å². The Morgan fingerprint density at radius 1 is 1.41 bits per heavy atom. The van der Waals surface area contributed by atoms with Crippen molar-refractivity contribution in [2.45, 2.75) is 0 Å². The third-order valence-corrected chi connectivity index (χ3v) is 4.48. The van der Waals surface area contributed by atoms with Crippen LogP contribution >= 0.6 is 22.9 Å². The normalized spacial score (nSPS) is 10.6. The average molecular weight is 334 g/mol. The van der Waals surface area contributed by atoms with Crippen LogP contribution in [-0.4, -0.2) is 18.0 Å². The minimum absolute atomic E-state index is 0.318. The topological polar surface area (TPSA) is 77.2 Å². The molecule has 3 N–H and O–H groups in total. The molecule has 0 saturated carbocycles. The van der Waals surface area contributed by atoms with E-state index in [0.717, 1.165) is 10.2 Å². The highest BCUT2D eigenvalue weighted by molar-refractivity contribution is 7.21. The quantitative estimate of drug-likeness (QED) is 0.764. The highest BCUT2D eigenvalue weighted by atomic mass is 35.5. The molecule has 0 aliphatic rings. The largest absolute Gasteiger partial charge is 0.495 e. The number of nitrogens with zero attached hydrogens (tertiary/aromatic N) is 1. The maximum atomic E-state index is 12.5. The van der Waals surface area contributed by atoms with Crippen LogP contribution in [-0.2, 0) is 0 Å². The van der Waals surface area contributed by atoms with Gasteiger partial charge in [-0.15, -0.1) is 11.3 Å². The van der Waals surface area contributed by atoms with E-state index < -0.39 is 0 Å². The van der Waals surface area contributed by atoms with Crippen molar-refractivity contribution in [3.63, 3.8) is 0 Å². The number of nitrogens with two attached hydrogens (primary N) is 1. The number of nitrogens with one attached hydrogen (secondary N) is 1.